The molecule has 1 aromatic carbocycles. The lowest BCUT2D eigenvalue weighted by Gasteiger charge is -2.41. The van der Waals surface area contributed by atoms with Crippen molar-refractivity contribution in [2.45, 2.75) is 53.4 Å². The number of allylic oxidation sites excluding steroid dienone is 5. The molecule has 146 valence electrons. The first-order valence-corrected chi connectivity index (χ1v) is 9.82. The van der Waals surface area contributed by atoms with Crippen LogP contribution in [-0.4, -0.2) is 6.54 Å². The van der Waals surface area contributed by atoms with Gasteiger partial charge in [0.25, 0.3) is 0 Å². The van der Waals surface area contributed by atoms with E-state index in [9.17, 15) is 0 Å². The highest BCUT2D eigenvalue weighted by atomic mass is 19.1. The summed E-state index contributed by atoms with van der Waals surface area (Å²) in [6.07, 6.45) is 9.15. The van der Waals surface area contributed by atoms with Crippen LogP contribution in [0.2, 0.25) is 0 Å². The van der Waals surface area contributed by atoms with Crippen LogP contribution in [0.5, 0.6) is 0 Å². The summed E-state index contributed by atoms with van der Waals surface area (Å²) in [5, 5.41) is 0. The minimum atomic E-state index is -0.351. The molecule has 0 heterocycles. The average molecular weight is 368 g/mol. The Labute approximate surface area is 164 Å². The topological polar surface area (TPSA) is 26.0 Å². The first kappa shape index (κ1) is 21.4. The highest BCUT2D eigenvalue weighted by molar-refractivity contribution is 5.81. The Morgan fingerprint density at radius 3 is 2.37 bits per heavy atom. The van der Waals surface area contributed by atoms with Gasteiger partial charge in [-0.1, -0.05) is 84.6 Å². The molecule has 0 saturated carbocycles. The van der Waals surface area contributed by atoms with Crippen molar-refractivity contribution in [3.63, 3.8) is 0 Å². The van der Waals surface area contributed by atoms with E-state index in [1.54, 1.807) is 12.1 Å². The lowest BCUT2D eigenvalue weighted by atomic mass is 9.63. The summed E-state index contributed by atoms with van der Waals surface area (Å²) in [5.41, 5.74) is 10.4. The van der Waals surface area contributed by atoms with E-state index in [1.165, 1.54) is 5.57 Å². The van der Waals surface area contributed by atoms with Crippen LogP contribution in [0.3, 0.4) is 0 Å². The maximum Gasteiger partial charge on any atom is 0.127 e. The third kappa shape index (κ3) is 4.01. The van der Waals surface area contributed by atoms with Crippen molar-refractivity contribution >= 4 is 5.57 Å². The van der Waals surface area contributed by atoms with Crippen molar-refractivity contribution in [1.82, 2.24) is 0 Å². The number of nitrogens with two attached hydrogens (primary N) is 1. The molecule has 1 aromatic rings. The van der Waals surface area contributed by atoms with Crippen LogP contribution in [0.1, 0.15) is 59.1 Å². The molecule has 0 fully saturated rings. The maximum absolute atomic E-state index is 15.1. The highest BCUT2D eigenvalue weighted by Gasteiger charge is 2.38. The Balaban J connectivity index is 2.69. The fourth-order valence-corrected chi connectivity index (χ4v) is 3.65. The second-order valence-electron chi connectivity index (χ2n) is 8.89. The molecule has 27 heavy (non-hydrogen) atoms. The monoisotopic (exact) mass is 367 g/mol. The molecule has 0 saturated heterocycles. The Morgan fingerprint density at radius 2 is 1.81 bits per heavy atom. The predicted molar refractivity (Wildman–Crippen MR) is 116 cm³/mol. The number of hydrogen-bond acceptors (Lipinski definition) is 1. The van der Waals surface area contributed by atoms with Crippen LogP contribution in [0.25, 0.3) is 5.57 Å². The van der Waals surface area contributed by atoms with Crippen LogP contribution in [0, 0.1) is 17.2 Å². The number of benzene rings is 1. The van der Waals surface area contributed by atoms with Gasteiger partial charge < -0.3 is 5.73 Å². The van der Waals surface area contributed by atoms with Gasteiger partial charge in [0.1, 0.15) is 5.82 Å². The standard InChI is InChI=1S/C25H34FN/c1-8-19(21-13-10-9-12-18(21)16-27)17(2)20-14-11-15-22(26)23(20)25(6,7)24(3,4)5/h9-15,18H,2,8,16,27H2,1,3-7H3/b21-19+. The Hall–Kier alpha value is -1.93. The second-order valence-corrected chi connectivity index (χ2v) is 8.89. The molecule has 1 atom stereocenters. The second kappa shape index (κ2) is 7.98. The number of rotatable bonds is 5. The van der Waals surface area contributed by atoms with Gasteiger partial charge in [-0.3, -0.25) is 0 Å². The third-order valence-corrected chi connectivity index (χ3v) is 6.29. The van der Waals surface area contributed by atoms with Crippen molar-refractivity contribution in [1.29, 1.82) is 0 Å². The summed E-state index contributed by atoms with van der Waals surface area (Å²) < 4.78 is 15.1. The SMILES string of the molecule is C=C(/C(CC)=C1\C=CC=CC1CN)c1cccc(F)c1C(C)(C)C(C)(C)C. The number of hydrogen-bond donors (Lipinski definition) is 1. The van der Waals surface area contributed by atoms with Crippen LogP contribution in [-0.2, 0) is 5.41 Å². The van der Waals surface area contributed by atoms with Crippen molar-refractivity contribution in [2.24, 2.45) is 17.1 Å². The summed E-state index contributed by atoms with van der Waals surface area (Å²) >= 11 is 0. The fraction of sp³-hybridized carbons (Fsp3) is 0.440. The Morgan fingerprint density at radius 1 is 1.15 bits per heavy atom. The zero-order valence-corrected chi connectivity index (χ0v) is 17.7. The fourth-order valence-electron chi connectivity index (χ4n) is 3.65. The minimum Gasteiger partial charge on any atom is -0.330 e. The van der Waals surface area contributed by atoms with E-state index in [0.29, 0.717) is 6.54 Å². The third-order valence-electron chi connectivity index (χ3n) is 6.29. The molecule has 0 aliphatic heterocycles. The summed E-state index contributed by atoms with van der Waals surface area (Å²) in [4.78, 5) is 0. The Bertz CT molecular complexity index is 800. The van der Waals surface area contributed by atoms with Gasteiger partial charge >= 0.3 is 0 Å². The van der Waals surface area contributed by atoms with Gasteiger partial charge in [-0.25, -0.2) is 4.39 Å². The first-order chi connectivity index (χ1) is 12.6. The molecule has 0 bridgehead atoms. The van der Waals surface area contributed by atoms with E-state index in [1.807, 2.05) is 18.2 Å². The lowest BCUT2D eigenvalue weighted by Crippen LogP contribution is -2.36. The van der Waals surface area contributed by atoms with Gasteiger partial charge in [-0.2, -0.15) is 0 Å². The van der Waals surface area contributed by atoms with Gasteiger partial charge in [0.15, 0.2) is 0 Å². The Kier molecular flexibility index (Phi) is 6.32. The summed E-state index contributed by atoms with van der Waals surface area (Å²) in [6.45, 7) is 17.8. The highest BCUT2D eigenvalue weighted by Crippen LogP contribution is 2.46. The van der Waals surface area contributed by atoms with E-state index in [0.717, 1.165) is 28.7 Å². The molecule has 1 aliphatic carbocycles. The summed E-state index contributed by atoms with van der Waals surface area (Å²) in [7, 11) is 0. The molecule has 0 radical (unpaired) electrons. The zero-order valence-electron chi connectivity index (χ0n) is 17.7. The molecule has 0 spiro atoms. The van der Waals surface area contributed by atoms with E-state index in [4.69, 9.17) is 5.73 Å². The van der Waals surface area contributed by atoms with Gasteiger partial charge in [0.05, 0.1) is 0 Å². The van der Waals surface area contributed by atoms with Crippen LogP contribution >= 0.6 is 0 Å². The van der Waals surface area contributed by atoms with Crippen LogP contribution < -0.4 is 5.73 Å². The van der Waals surface area contributed by atoms with Crippen LogP contribution in [0.4, 0.5) is 4.39 Å². The van der Waals surface area contributed by atoms with Gasteiger partial charge in [-0.15, -0.1) is 0 Å². The smallest absolute Gasteiger partial charge is 0.127 e. The molecule has 2 N–H and O–H groups in total. The van der Waals surface area contributed by atoms with Gasteiger partial charge in [-0.05, 0) is 45.6 Å². The van der Waals surface area contributed by atoms with Crippen molar-refractivity contribution in [2.75, 3.05) is 6.54 Å². The minimum absolute atomic E-state index is 0.100. The van der Waals surface area contributed by atoms with Crippen molar-refractivity contribution < 1.29 is 4.39 Å². The van der Waals surface area contributed by atoms with E-state index >= 15 is 4.39 Å². The van der Waals surface area contributed by atoms with Gasteiger partial charge in [0.2, 0.25) is 0 Å². The summed E-state index contributed by atoms with van der Waals surface area (Å²) in [5.74, 6) is 0.0119. The quantitative estimate of drug-likeness (QED) is 0.626. The number of halogens is 1. The van der Waals surface area contributed by atoms with Crippen LogP contribution in [0.15, 0.2) is 60.2 Å². The predicted octanol–water partition coefficient (Wildman–Crippen LogP) is 6.57. The van der Waals surface area contributed by atoms with E-state index in [2.05, 4.69) is 60.3 Å². The average Bonchev–Trinajstić information content (AvgIpc) is 2.61. The van der Waals surface area contributed by atoms with Crippen molar-refractivity contribution in [3.8, 4) is 0 Å². The molecule has 0 amide bonds. The normalized spacial score (nSPS) is 19.3. The molecule has 0 aromatic heterocycles. The molecule has 2 rings (SSSR count). The molecular weight excluding hydrogens is 333 g/mol. The van der Waals surface area contributed by atoms with Gasteiger partial charge in [0, 0.05) is 18.0 Å². The lowest BCUT2D eigenvalue weighted by molar-refractivity contribution is 0.218. The molecule has 1 nitrogen and oxygen atoms in total. The zero-order chi connectivity index (χ0) is 20.4. The maximum atomic E-state index is 15.1. The molecule has 1 aliphatic rings. The summed E-state index contributed by atoms with van der Waals surface area (Å²) in [6, 6.07) is 5.35. The van der Waals surface area contributed by atoms with Crippen molar-refractivity contribution in [3.05, 3.63) is 77.2 Å². The molecular formula is C25H34FN. The van der Waals surface area contributed by atoms with E-state index in [-0.39, 0.29) is 22.6 Å². The largest absolute Gasteiger partial charge is 0.330 e. The first-order valence-electron chi connectivity index (χ1n) is 9.82. The molecule has 1 unspecified atom stereocenters. The molecule has 2 heteroatoms. The van der Waals surface area contributed by atoms with E-state index < -0.39 is 0 Å².